The van der Waals surface area contributed by atoms with Crippen molar-refractivity contribution in [3.8, 4) is 0 Å². The number of anilines is 1. The Morgan fingerprint density at radius 1 is 1.00 bits per heavy atom. The highest BCUT2D eigenvalue weighted by Gasteiger charge is 2.07. The van der Waals surface area contributed by atoms with Crippen LogP contribution in [0, 0.1) is 0 Å². The molecule has 1 aromatic heterocycles. The van der Waals surface area contributed by atoms with Crippen molar-refractivity contribution in [1.29, 1.82) is 0 Å². The molecule has 6 heteroatoms. The molecule has 0 saturated heterocycles. The number of nitrogens with one attached hydrogen (secondary N) is 1. The molecule has 0 unspecified atom stereocenters. The molecule has 0 amide bonds. The summed E-state index contributed by atoms with van der Waals surface area (Å²) >= 11 is 7.38. The van der Waals surface area contributed by atoms with Crippen LogP contribution < -0.4 is 5.32 Å². The van der Waals surface area contributed by atoms with Crippen LogP contribution in [-0.2, 0) is 12.3 Å². The molecule has 2 aromatic carbocycles. The second kappa shape index (κ2) is 7.33. The summed E-state index contributed by atoms with van der Waals surface area (Å²) < 4.78 is 5.60. The minimum Gasteiger partial charge on any atom is -0.414 e. The summed E-state index contributed by atoms with van der Waals surface area (Å²) in [7, 11) is 0. The summed E-state index contributed by atoms with van der Waals surface area (Å²) in [6.07, 6.45) is 0. The largest absolute Gasteiger partial charge is 0.414 e. The first-order valence-corrected chi connectivity index (χ1v) is 8.14. The molecule has 0 bridgehead atoms. The van der Waals surface area contributed by atoms with E-state index in [4.69, 9.17) is 16.0 Å². The normalized spacial score (nSPS) is 10.6. The van der Waals surface area contributed by atoms with Gasteiger partial charge in [0.1, 0.15) is 0 Å². The monoisotopic (exact) mass is 331 g/mol. The van der Waals surface area contributed by atoms with Gasteiger partial charge in [0.05, 0.1) is 6.54 Å². The Labute approximate surface area is 137 Å². The lowest BCUT2D eigenvalue weighted by Gasteiger charge is -2.02. The van der Waals surface area contributed by atoms with Crippen molar-refractivity contribution in [3.63, 3.8) is 0 Å². The minimum absolute atomic E-state index is 0.487. The summed E-state index contributed by atoms with van der Waals surface area (Å²) in [6.45, 7) is 0.487. The molecule has 0 fully saturated rings. The first kappa shape index (κ1) is 14.9. The average molecular weight is 332 g/mol. The van der Waals surface area contributed by atoms with Crippen LogP contribution in [-0.4, -0.2) is 10.2 Å². The number of thioether (sulfide) groups is 1. The lowest BCUT2D eigenvalue weighted by molar-refractivity contribution is 0.418. The molecular formula is C16H14ClN3OS. The van der Waals surface area contributed by atoms with Crippen molar-refractivity contribution in [2.45, 2.75) is 17.5 Å². The zero-order valence-electron chi connectivity index (χ0n) is 11.7. The fraction of sp³-hybridized carbons (Fsp3) is 0.125. The van der Waals surface area contributed by atoms with E-state index in [2.05, 4.69) is 27.6 Å². The van der Waals surface area contributed by atoms with Gasteiger partial charge in [0, 0.05) is 16.5 Å². The van der Waals surface area contributed by atoms with Gasteiger partial charge >= 0.3 is 0 Å². The molecule has 112 valence electrons. The molecule has 22 heavy (non-hydrogen) atoms. The van der Waals surface area contributed by atoms with Crippen LogP contribution in [0.25, 0.3) is 0 Å². The van der Waals surface area contributed by atoms with E-state index in [0.29, 0.717) is 22.7 Å². The van der Waals surface area contributed by atoms with Gasteiger partial charge < -0.3 is 9.73 Å². The van der Waals surface area contributed by atoms with Gasteiger partial charge in [-0.1, -0.05) is 53.7 Å². The standard InChI is InChI=1S/C16H14ClN3OS/c17-13-6-8-14(9-7-13)18-10-15-19-20-16(21-15)22-11-12-4-2-1-3-5-12/h1-9,18H,10-11H2. The van der Waals surface area contributed by atoms with Gasteiger partial charge in [-0.15, -0.1) is 10.2 Å². The molecule has 0 saturated carbocycles. The molecule has 0 aliphatic rings. The van der Waals surface area contributed by atoms with Gasteiger partial charge in [0.15, 0.2) is 0 Å². The van der Waals surface area contributed by atoms with Crippen LogP contribution in [0.3, 0.4) is 0 Å². The second-order valence-corrected chi connectivity index (χ2v) is 5.96. The maximum Gasteiger partial charge on any atom is 0.276 e. The van der Waals surface area contributed by atoms with Crippen LogP contribution in [0.5, 0.6) is 0 Å². The van der Waals surface area contributed by atoms with E-state index in [1.807, 2.05) is 42.5 Å². The minimum atomic E-state index is 0.487. The maximum atomic E-state index is 5.85. The molecule has 0 atom stereocenters. The third-order valence-corrected chi connectivity index (χ3v) is 4.08. The number of rotatable bonds is 6. The molecule has 3 aromatic rings. The summed E-state index contributed by atoms with van der Waals surface area (Å²) in [5, 5.41) is 12.6. The van der Waals surface area contributed by atoms with Gasteiger partial charge in [0.25, 0.3) is 5.22 Å². The summed E-state index contributed by atoms with van der Waals surface area (Å²) in [5.74, 6) is 1.37. The molecular weight excluding hydrogens is 318 g/mol. The van der Waals surface area contributed by atoms with Gasteiger partial charge in [-0.3, -0.25) is 0 Å². The molecule has 3 rings (SSSR count). The first-order valence-electron chi connectivity index (χ1n) is 6.78. The highest BCUT2D eigenvalue weighted by atomic mass is 35.5. The highest BCUT2D eigenvalue weighted by Crippen LogP contribution is 2.21. The summed E-state index contributed by atoms with van der Waals surface area (Å²) in [6, 6.07) is 17.7. The van der Waals surface area contributed by atoms with E-state index >= 15 is 0 Å². The molecule has 1 N–H and O–H groups in total. The second-order valence-electron chi connectivity index (χ2n) is 4.60. The van der Waals surface area contributed by atoms with E-state index in [1.165, 1.54) is 17.3 Å². The molecule has 0 radical (unpaired) electrons. The Bertz CT molecular complexity index is 716. The number of benzene rings is 2. The Kier molecular flexibility index (Phi) is 4.98. The van der Waals surface area contributed by atoms with Crippen LogP contribution >= 0.6 is 23.4 Å². The van der Waals surface area contributed by atoms with Gasteiger partial charge in [-0.2, -0.15) is 0 Å². The Hall–Kier alpha value is -1.98. The van der Waals surface area contributed by atoms with Crippen molar-refractivity contribution in [3.05, 3.63) is 71.1 Å². The predicted octanol–water partition coefficient (Wildman–Crippen LogP) is 4.63. The first-order chi connectivity index (χ1) is 10.8. The fourth-order valence-electron chi connectivity index (χ4n) is 1.83. The number of nitrogens with zero attached hydrogens (tertiary/aromatic N) is 2. The lowest BCUT2D eigenvalue weighted by Crippen LogP contribution is -1.99. The fourth-order valence-corrected chi connectivity index (χ4v) is 2.69. The third-order valence-electron chi connectivity index (χ3n) is 2.94. The van der Waals surface area contributed by atoms with E-state index in [-0.39, 0.29) is 0 Å². The Balaban J connectivity index is 1.51. The average Bonchev–Trinajstić information content (AvgIpc) is 3.01. The summed E-state index contributed by atoms with van der Waals surface area (Å²) in [5.41, 5.74) is 2.19. The lowest BCUT2D eigenvalue weighted by atomic mass is 10.2. The van der Waals surface area contributed by atoms with E-state index in [1.54, 1.807) is 0 Å². The number of aromatic nitrogens is 2. The zero-order valence-corrected chi connectivity index (χ0v) is 13.3. The van der Waals surface area contributed by atoms with E-state index < -0.39 is 0 Å². The van der Waals surface area contributed by atoms with Crippen LogP contribution in [0.4, 0.5) is 5.69 Å². The number of hydrogen-bond donors (Lipinski definition) is 1. The molecule has 4 nitrogen and oxygen atoms in total. The molecule has 0 spiro atoms. The predicted molar refractivity (Wildman–Crippen MR) is 89.1 cm³/mol. The van der Waals surface area contributed by atoms with Crippen LogP contribution in [0.1, 0.15) is 11.5 Å². The summed E-state index contributed by atoms with van der Waals surface area (Å²) in [4.78, 5) is 0. The maximum absolute atomic E-state index is 5.85. The van der Waals surface area contributed by atoms with Crippen molar-refractivity contribution in [2.75, 3.05) is 5.32 Å². The van der Waals surface area contributed by atoms with Crippen LogP contribution in [0.2, 0.25) is 5.02 Å². The SMILES string of the molecule is Clc1ccc(NCc2nnc(SCc3ccccc3)o2)cc1. The topological polar surface area (TPSA) is 51.0 Å². The molecule has 0 aliphatic heterocycles. The number of halogens is 1. The van der Waals surface area contributed by atoms with Gasteiger partial charge in [-0.05, 0) is 29.8 Å². The molecule has 1 heterocycles. The Morgan fingerprint density at radius 2 is 1.77 bits per heavy atom. The number of hydrogen-bond acceptors (Lipinski definition) is 5. The van der Waals surface area contributed by atoms with Crippen molar-refractivity contribution in [1.82, 2.24) is 10.2 Å². The smallest absolute Gasteiger partial charge is 0.276 e. The van der Waals surface area contributed by atoms with E-state index in [0.717, 1.165) is 11.4 Å². The van der Waals surface area contributed by atoms with Gasteiger partial charge in [-0.25, -0.2) is 0 Å². The zero-order chi connectivity index (χ0) is 15.2. The quantitative estimate of drug-likeness (QED) is 0.667. The van der Waals surface area contributed by atoms with Crippen molar-refractivity contribution in [2.24, 2.45) is 0 Å². The van der Waals surface area contributed by atoms with Crippen molar-refractivity contribution < 1.29 is 4.42 Å². The van der Waals surface area contributed by atoms with Crippen molar-refractivity contribution >= 4 is 29.1 Å². The van der Waals surface area contributed by atoms with Gasteiger partial charge in [0.2, 0.25) is 5.89 Å². The third kappa shape index (κ3) is 4.26. The Morgan fingerprint density at radius 3 is 2.55 bits per heavy atom. The molecule has 0 aliphatic carbocycles. The van der Waals surface area contributed by atoms with E-state index in [9.17, 15) is 0 Å². The highest BCUT2D eigenvalue weighted by molar-refractivity contribution is 7.98. The van der Waals surface area contributed by atoms with Crippen LogP contribution in [0.15, 0.2) is 64.2 Å².